The van der Waals surface area contributed by atoms with Crippen LogP contribution in [0, 0.1) is 6.92 Å². The largest absolute Gasteiger partial charge is 0.449 e. The molecule has 1 heterocycles. The predicted molar refractivity (Wildman–Crippen MR) is 89.5 cm³/mol. The number of rotatable bonds is 3. The fourth-order valence-electron chi connectivity index (χ4n) is 3.53. The van der Waals surface area contributed by atoms with Crippen LogP contribution in [0.3, 0.4) is 0 Å². The fourth-order valence-corrected chi connectivity index (χ4v) is 3.75. The summed E-state index contributed by atoms with van der Waals surface area (Å²) >= 11 is 6.20. The number of hydrogen-bond acceptors (Lipinski definition) is 2. The van der Waals surface area contributed by atoms with Gasteiger partial charge in [0.05, 0.1) is 5.02 Å². The standard InChI is InChI=1S/C18H22ClNO2/c1-11(2)20(13-7-4-5-8-13)18(21)16-12(3)14-9-6-10-15(19)17(14)22-16/h6,9-11,13H,4-5,7-8H2,1-3H3. The Hall–Kier alpha value is -1.48. The minimum absolute atomic E-state index is 0.00772. The van der Waals surface area contributed by atoms with Crippen LogP contribution in [-0.4, -0.2) is 22.9 Å². The Morgan fingerprint density at radius 2 is 2.00 bits per heavy atom. The van der Waals surface area contributed by atoms with Gasteiger partial charge in [-0.1, -0.05) is 36.6 Å². The van der Waals surface area contributed by atoms with Crippen LogP contribution in [0.1, 0.15) is 55.6 Å². The lowest BCUT2D eigenvalue weighted by Crippen LogP contribution is -2.43. The van der Waals surface area contributed by atoms with Crippen LogP contribution in [0.15, 0.2) is 22.6 Å². The number of amides is 1. The SMILES string of the molecule is Cc1c(C(=O)N(C(C)C)C2CCCC2)oc2c(Cl)cccc12. The molecule has 1 saturated carbocycles. The van der Waals surface area contributed by atoms with E-state index in [-0.39, 0.29) is 11.9 Å². The third kappa shape index (κ3) is 2.52. The Bertz CT molecular complexity index is 698. The van der Waals surface area contributed by atoms with Gasteiger partial charge in [-0.15, -0.1) is 0 Å². The molecule has 1 aliphatic carbocycles. The molecule has 0 saturated heterocycles. The van der Waals surface area contributed by atoms with Crippen molar-refractivity contribution in [3.63, 3.8) is 0 Å². The molecule has 1 aromatic carbocycles. The summed E-state index contributed by atoms with van der Waals surface area (Å²) in [5.41, 5.74) is 1.49. The van der Waals surface area contributed by atoms with Gasteiger partial charge < -0.3 is 9.32 Å². The number of para-hydroxylation sites is 1. The maximum Gasteiger partial charge on any atom is 0.290 e. The van der Waals surface area contributed by atoms with Crippen LogP contribution in [-0.2, 0) is 0 Å². The highest BCUT2D eigenvalue weighted by Crippen LogP contribution is 2.33. The van der Waals surface area contributed by atoms with Gasteiger partial charge in [0, 0.05) is 23.0 Å². The minimum Gasteiger partial charge on any atom is -0.449 e. The average molecular weight is 320 g/mol. The van der Waals surface area contributed by atoms with Crippen molar-refractivity contribution in [2.24, 2.45) is 0 Å². The van der Waals surface area contributed by atoms with Crippen LogP contribution < -0.4 is 0 Å². The molecular formula is C18H22ClNO2. The van der Waals surface area contributed by atoms with Crippen molar-refractivity contribution < 1.29 is 9.21 Å². The van der Waals surface area contributed by atoms with E-state index in [0.717, 1.165) is 23.8 Å². The first-order valence-electron chi connectivity index (χ1n) is 8.01. The average Bonchev–Trinajstić information content (AvgIpc) is 3.08. The number of nitrogens with zero attached hydrogens (tertiary/aromatic N) is 1. The number of halogens is 1. The molecule has 0 atom stereocenters. The van der Waals surface area contributed by atoms with Crippen molar-refractivity contribution in [2.45, 2.75) is 58.5 Å². The normalized spacial score (nSPS) is 15.9. The van der Waals surface area contributed by atoms with E-state index in [9.17, 15) is 4.79 Å². The number of fused-ring (bicyclic) bond motifs is 1. The van der Waals surface area contributed by atoms with Gasteiger partial charge in [0.25, 0.3) is 5.91 Å². The van der Waals surface area contributed by atoms with Gasteiger partial charge in [-0.3, -0.25) is 4.79 Å². The number of benzene rings is 1. The van der Waals surface area contributed by atoms with Gasteiger partial charge in [-0.05, 0) is 39.7 Å². The Morgan fingerprint density at radius 3 is 2.59 bits per heavy atom. The Kier molecular flexibility index (Phi) is 4.18. The zero-order chi connectivity index (χ0) is 15.9. The van der Waals surface area contributed by atoms with Crippen molar-refractivity contribution in [2.75, 3.05) is 0 Å². The molecule has 0 bridgehead atoms. The molecule has 3 rings (SSSR count). The molecule has 3 nitrogen and oxygen atoms in total. The second kappa shape index (κ2) is 5.96. The topological polar surface area (TPSA) is 33.5 Å². The van der Waals surface area contributed by atoms with Crippen molar-refractivity contribution in [1.29, 1.82) is 0 Å². The van der Waals surface area contributed by atoms with Gasteiger partial charge in [0.15, 0.2) is 11.3 Å². The molecule has 1 fully saturated rings. The van der Waals surface area contributed by atoms with Crippen molar-refractivity contribution in [1.82, 2.24) is 4.90 Å². The lowest BCUT2D eigenvalue weighted by Gasteiger charge is -2.32. The highest BCUT2D eigenvalue weighted by atomic mass is 35.5. The summed E-state index contributed by atoms with van der Waals surface area (Å²) in [5.74, 6) is 0.426. The molecule has 118 valence electrons. The summed E-state index contributed by atoms with van der Waals surface area (Å²) in [4.78, 5) is 15.1. The van der Waals surface area contributed by atoms with Crippen molar-refractivity contribution >= 4 is 28.5 Å². The van der Waals surface area contributed by atoms with Crippen LogP contribution in [0.25, 0.3) is 11.0 Å². The van der Waals surface area contributed by atoms with Crippen molar-refractivity contribution in [3.8, 4) is 0 Å². The van der Waals surface area contributed by atoms with Crippen LogP contribution >= 0.6 is 11.6 Å². The predicted octanol–water partition coefficient (Wildman–Crippen LogP) is 5.19. The zero-order valence-electron chi connectivity index (χ0n) is 13.4. The summed E-state index contributed by atoms with van der Waals surface area (Å²) in [6.07, 6.45) is 4.58. The first-order chi connectivity index (χ1) is 10.5. The van der Waals surface area contributed by atoms with Gasteiger partial charge in [0.1, 0.15) is 0 Å². The monoisotopic (exact) mass is 319 g/mol. The molecule has 0 radical (unpaired) electrons. The Balaban J connectivity index is 2.03. The summed E-state index contributed by atoms with van der Waals surface area (Å²) < 4.78 is 5.86. The maximum absolute atomic E-state index is 13.1. The summed E-state index contributed by atoms with van der Waals surface area (Å²) in [6.45, 7) is 6.07. The molecule has 1 aromatic heterocycles. The minimum atomic E-state index is -0.00772. The van der Waals surface area contributed by atoms with E-state index in [1.807, 2.05) is 24.0 Å². The fraction of sp³-hybridized carbons (Fsp3) is 0.500. The van der Waals surface area contributed by atoms with Crippen molar-refractivity contribution in [3.05, 3.63) is 34.5 Å². The van der Waals surface area contributed by atoms with Crippen LogP contribution in [0.4, 0.5) is 0 Å². The highest BCUT2D eigenvalue weighted by Gasteiger charge is 2.32. The van der Waals surface area contributed by atoms with E-state index in [0.29, 0.717) is 22.4 Å². The molecule has 1 aliphatic rings. The number of hydrogen-bond donors (Lipinski definition) is 0. The summed E-state index contributed by atoms with van der Waals surface area (Å²) in [6, 6.07) is 6.12. The number of carbonyl (C=O) groups is 1. The molecule has 0 N–H and O–H groups in total. The molecule has 2 aromatic rings. The third-order valence-corrected chi connectivity index (χ3v) is 4.92. The molecule has 22 heavy (non-hydrogen) atoms. The second-order valence-corrected chi connectivity index (χ2v) is 6.82. The number of aryl methyl sites for hydroxylation is 1. The Morgan fingerprint density at radius 1 is 1.32 bits per heavy atom. The Labute approximate surface area is 136 Å². The van der Waals surface area contributed by atoms with E-state index in [1.165, 1.54) is 12.8 Å². The van der Waals surface area contributed by atoms with Gasteiger partial charge in [-0.25, -0.2) is 0 Å². The van der Waals surface area contributed by atoms with Crippen LogP contribution in [0.5, 0.6) is 0 Å². The van der Waals surface area contributed by atoms with E-state index in [1.54, 1.807) is 6.07 Å². The van der Waals surface area contributed by atoms with E-state index >= 15 is 0 Å². The molecule has 0 spiro atoms. The number of furan rings is 1. The quantitative estimate of drug-likeness (QED) is 0.780. The highest BCUT2D eigenvalue weighted by molar-refractivity contribution is 6.35. The van der Waals surface area contributed by atoms with E-state index < -0.39 is 0 Å². The third-order valence-electron chi connectivity index (χ3n) is 4.62. The molecular weight excluding hydrogens is 298 g/mol. The maximum atomic E-state index is 13.1. The molecule has 4 heteroatoms. The van der Waals surface area contributed by atoms with Gasteiger partial charge in [-0.2, -0.15) is 0 Å². The van der Waals surface area contributed by atoms with Crippen LogP contribution in [0.2, 0.25) is 5.02 Å². The summed E-state index contributed by atoms with van der Waals surface area (Å²) in [7, 11) is 0. The number of carbonyl (C=O) groups excluding carboxylic acids is 1. The first-order valence-corrected chi connectivity index (χ1v) is 8.38. The summed E-state index contributed by atoms with van der Waals surface area (Å²) in [5, 5.41) is 1.47. The van der Waals surface area contributed by atoms with E-state index in [2.05, 4.69) is 13.8 Å². The molecule has 1 amide bonds. The second-order valence-electron chi connectivity index (χ2n) is 6.42. The first kappa shape index (κ1) is 15.4. The lowest BCUT2D eigenvalue weighted by atomic mass is 10.1. The molecule has 0 unspecified atom stereocenters. The lowest BCUT2D eigenvalue weighted by molar-refractivity contribution is 0.0581. The van der Waals surface area contributed by atoms with Gasteiger partial charge in [0.2, 0.25) is 0 Å². The molecule has 0 aliphatic heterocycles. The van der Waals surface area contributed by atoms with E-state index in [4.69, 9.17) is 16.0 Å². The smallest absolute Gasteiger partial charge is 0.290 e. The zero-order valence-corrected chi connectivity index (χ0v) is 14.1. The van der Waals surface area contributed by atoms with Gasteiger partial charge >= 0.3 is 0 Å².